The first-order chi connectivity index (χ1) is 40.6. The molecule has 1 aliphatic rings. The van der Waals surface area contributed by atoms with E-state index in [1.54, 1.807) is 0 Å². The molecule has 0 bridgehead atoms. The Bertz CT molecular complexity index is 4010. The van der Waals surface area contributed by atoms with Gasteiger partial charge in [0.05, 0.1) is 5.39 Å². The summed E-state index contributed by atoms with van der Waals surface area (Å²) in [5.74, 6) is -8.67. The van der Waals surface area contributed by atoms with Gasteiger partial charge in [0.15, 0.2) is 42.2 Å². The van der Waals surface area contributed by atoms with Gasteiger partial charge in [0, 0.05) is 40.1 Å². The summed E-state index contributed by atoms with van der Waals surface area (Å²) in [6.07, 6.45) is -48.8. The van der Waals surface area contributed by atoms with Crippen LogP contribution in [0.3, 0.4) is 0 Å². The van der Waals surface area contributed by atoms with Crippen LogP contribution in [0.15, 0.2) is 142 Å². The fourth-order valence-electron chi connectivity index (χ4n) is 8.26. The molecule has 2 heterocycles. The Labute approximate surface area is 487 Å². The second-order valence-corrected chi connectivity index (χ2v) is 25.4. The lowest BCUT2D eigenvalue weighted by Gasteiger charge is -2.37. The molecule has 89 heavy (non-hydrogen) atoms. The zero-order valence-electron chi connectivity index (χ0n) is 42.6. The van der Waals surface area contributed by atoms with Crippen molar-refractivity contribution < 1.29 is 156 Å². The van der Waals surface area contributed by atoms with E-state index < -0.39 is 176 Å². The minimum absolute atomic E-state index is 0.0444. The summed E-state index contributed by atoms with van der Waals surface area (Å²) in [7, 11) is -17.5. The van der Waals surface area contributed by atoms with E-state index in [2.05, 4.69) is 14.2 Å². The standard InChI is InChI=1S/C50H28F22O13S4/c51-43(52,53)39(45(57,58)88(74,75)76)82-24-12-15-26(16-13-24)86-34-9-3-1-6-28(34)29-20-25(14-19-35(29)86)80-23-42(49(67,68)69,50(70,71)72)85-32-8-5-11-37-38(32)83-31-7-2-4-10-36(31)87(37)27-17-18-30(84-40(44(54,55)56)46(59,60)89(77,78)79)33(21-27)81-22-41(73,47(61,62)63)48(64,65)66/h1-21,39-40,73H,22-23H2/p+2. The third kappa shape index (κ3) is 12.6. The zero-order chi connectivity index (χ0) is 66.5. The Balaban J connectivity index is 1.19. The quantitative estimate of drug-likeness (QED) is 0.0419. The van der Waals surface area contributed by atoms with E-state index >= 15 is 26.3 Å². The van der Waals surface area contributed by atoms with E-state index in [4.69, 9.17) is 23.3 Å². The van der Waals surface area contributed by atoms with Crippen molar-refractivity contribution >= 4 is 61.8 Å². The second-order valence-electron chi connectivity index (χ2n) is 18.5. The summed E-state index contributed by atoms with van der Waals surface area (Å²) in [4.78, 5) is -1.42. The van der Waals surface area contributed by atoms with E-state index in [1.165, 1.54) is 30.3 Å². The molecular weight excluding hydrogens is 1350 g/mol. The van der Waals surface area contributed by atoms with E-state index in [0.717, 1.165) is 54.6 Å². The van der Waals surface area contributed by atoms with Crippen molar-refractivity contribution in [1.82, 2.24) is 0 Å². The van der Waals surface area contributed by atoms with E-state index in [-0.39, 0.29) is 37.4 Å². The van der Waals surface area contributed by atoms with Crippen LogP contribution in [0.1, 0.15) is 0 Å². The maximum Gasteiger partial charge on any atom is 0.441 e. The van der Waals surface area contributed by atoms with Gasteiger partial charge < -0.3 is 33.5 Å². The highest BCUT2D eigenvalue weighted by Crippen LogP contribution is 2.56. The average Bonchev–Trinajstić information content (AvgIpc) is 1.22. The SMILES string of the molecule is O=S(=O)(O)C(F)(F)C(Oc1ccc(-[s+]2c3ccccc3c3cc(OCC(Oc4cccc5c4Oc4ccccc4[S+]5c4ccc(OC(C(F)(F)F)C(F)(F)S(=O)(=O)O)c(OCC(O)(C(F)(F)F)C(F)(F)F)c4)(C(F)(F)F)C(F)(F)F)ccc32)cc1)C(F)(F)F. The molecule has 1 aromatic heterocycles. The van der Waals surface area contributed by atoms with Crippen molar-refractivity contribution in [2.75, 3.05) is 13.2 Å². The molecule has 39 heteroatoms. The minimum Gasteiger partial charge on any atom is -0.489 e. The molecule has 0 saturated carbocycles. The predicted molar refractivity (Wildman–Crippen MR) is 264 cm³/mol. The molecule has 0 spiro atoms. The molecule has 0 amide bonds. The third-order valence-electron chi connectivity index (χ3n) is 12.6. The number of halogens is 22. The van der Waals surface area contributed by atoms with Crippen LogP contribution in [0.25, 0.3) is 25.1 Å². The molecule has 4 atom stereocenters. The number of para-hydroxylation sites is 2. The number of aliphatic hydroxyl groups is 1. The van der Waals surface area contributed by atoms with Gasteiger partial charge in [-0.15, -0.1) is 0 Å². The molecule has 3 N–H and O–H groups in total. The largest absolute Gasteiger partial charge is 0.489 e. The zero-order valence-corrected chi connectivity index (χ0v) is 45.8. The maximum absolute atomic E-state index is 15.4. The summed E-state index contributed by atoms with van der Waals surface area (Å²) >= 11 is 0. The Morgan fingerprint density at radius 2 is 0.966 bits per heavy atom. The Hall–Kier alpha value is -7.07. The Morgan fingerprint density at radius 1 is 0.461 bits per heavy atom. The van der Waals surface area contributed by atoms with Gasteiger partial charge in [-0.1, -0.05) is 30.3 Å². The lowest BCUT2D eigenvalue weighted by atomic mass is 10.0. The molecule has 0 saturated heterocycles. The molecule has 0 aliphatic carbocycles. The second kappa shape index (κ2) is 22.7. The number of thiophene rings is 1. The van der Waals surface area contributed by atoms with Gasteiger partial charge >= 0.3 is 73.4 Å². The highest BCUT2D eigenvalue weighted by atomic mass is 32.2. The van der Waals surface area contributed by atoms with Gasteiger partial charge in [-0.25, -0.2) is 0 Å². The predicted octanol–water partition coefficient (Wildman–Crippen LogP) is 15.1. The topological polar surface area (TPSA) is 184 Å². The van der Waals surface area contributed by atoms with Gasteiger partial charge in [0.2, 0.25) is 15.5 Å². The number of rotatable bonds is 18. The fraction of sp³-hybridized carbons (Fsp3) is 0.280. The van der Waals surface area contributed by atoms with Crippen LogP contribution in [0, 0.1) is 0 Å². The maximum atomic E-state index is 15.4. The number of hydrogen-bond acceptors (Lipinski definition) is 11. The van der Waals surface area contributed by atoms with Crippen molar-refractivity contribution in [3.8, 4) is 45.1 Å². The van der Waals surface area contributed by atoms with Crippen molar-refractivity contribution in [3.05, 3.63) is 127 Å². The van der Waals surface area contributed by atoms with Gasteiger partial charge in [0.1, 0.15) is 35.6 Å². The van der Waals surface area contributed by atoms with E-state index in [9.17, 15) is 92.2 Å². The molecule has 484 valence electrons. The lowest BCUT2D eigenvalue weighted by Crippen LogP contribution is -2.64. The van der Waals surface area contributed by atoms with Crippen LogP contribution in [0.2, 0.25) is 0 Å². The number of benzene rings is 6. The summed E-state index contributed by atoms with van der Waals surface area (Å²) in [5.41, 5.74) is -11.4. The summed E-state index contributed by atoms with van der Waals surface area (Å²) in [6.45, 7) is -5.62. The average molecular weight is 1390 g/mol. The number of alkyl halides is 22. The normalized spacial score (nSPS) is 16.1. The number of hydrogen-bond donors (Lipinski definition) is 3. The number of fused-ring (bicyclic) bond motifs is 5. The molecule has 0 radical (unpaired) electrons. The summed E-state index contributed by atoms with van der Waals surface area (Å²) in [5, 5.41) is -2.21. The molecule has 6 aromatic carbocycles. The molecule has 8 rings (SSSR count). The number of ether oxygens (including phenoxy) is 6. The monoisotopic (exact) mass is 1380 g/mol. The van der Waals surface area contributed by atoms with Crippen molar-refractivity contribution in [2.24, 2.45) is 0 Å². The summed E-state index contributed by atoms with van der Waals surface area (Å²) < 4.78 is 409. The van der Waals surface area contributed by atoms with Gasteiger partial charge in [0.25, 0.3) is 17.8 Å². The molecule has 13 nitrogen and oxygen atoms in total. The van der Waals surface area contributed by atoms with Crippen molar-refractivity contribution in [1.29, 1.82) is 0 Å². The van der Waals surface area contributed by atoms with Crippen LogP contribution >= 0.6 is 10.5 Å². The van der Waals surface area contributed by atoms with Crippen molar-refractivity contribution in [3.63, 3.8) is 0 Å². The van der Waals surface area contributed by atoms with Gasteiger partial charge in [-0.2, -0.15) is 113 Å². The van der Waals surface area contributed by atoms with Crippen LogP contribution in [-0.2, 0) is 31.1 Å². The molecule has 0 fully saturated rings. The fourth-order valence-corrected chi connectivity index (χ4v) is 13.8. The molecule has 7 aromatic rings. The smallest absolute Gasteiger partial charge is 0.441 e. The first-order valence-electron chi connectivity index (χ1n) is 23.5. The summed E-state index contributed by atoms with van der Waals surface area (Å²) in [6, 6.07) is 19.5. The van der Waals surface area contributed by atoms with Crippen LogP contribution in [-0.4, -0.2) is 115 Å². The van der Waals surface area contributed by atoms with E-state index in [1.807, 2.05) is 0 Å². The van der Waals surface area contributed by atoms with Crippen LogP contribution in [0.5, 0.6) is 40.2 Å². The molecule has 1 aliphatic heterocycles. The minimum atomic E-state index is -7.16. The molecule has 4 unspecified atom stereocenters. The Kier molecular flexibility index (Phi) is 17.3. The third-order valence-corrected chi connectivity index (χ3v) is 19.0. The van der Waals surface area contributed by atoms with E-state index in [0.29, 0.717) is 35.0 Å². The van der Waals surface area contributed by atoms with Crippen LogP contribution < -0.4 is 28.4 Å². The first-order valence-corrected chi connectivity index (χ1v) is 28.9. The Morgan fingerprint density at radius 3 is 1.52 bits per heavy atom. The lowest BCUT2D eigenvalue weighted by molar-refractivity contribution is -0.373. The highest BCUT2D eigenvalue weighted by Gasteiger charge is 2.76. The van der Waals surface area contributed by atoms with Gasteiger partial charge in [-0.05, 0) is 72.8 Å². The first kappa shape index (κ1) is 67.9. The highest BCUT2D eigenvalue weighted by molar-refractivity contribution is 7.97. The van der Waals surface area contributed by atoms with Crippen LogP contribution in [0.4, 0.5) is 96.6 Å². The van der Waals surface area contributed by atoms with Gasteiger partial charge in [-0.3, -0.25) is 9.11 Å². The van der Waals surface area contributed by atoms with Crippen molar-refractivity contribution in [2.45, 2.75) is 85.7 Å². The molecular formula is C50H30F22O13S4+2.